The predicted molar refractivity (Wildman–Crippen MR) is 141 cm³/mol. The molecule has 164 valence electrons. The van der Waals surface area contributed by atoms with Crippen molar-refractivity contribution in [3.05, 3.63) is 61.8 Å². The Morgan fingerprint density at radius 2 is 2.06 bits per heavy atom. The lowest BCUT2D eigenvalue weighted by molar-refractivity contribution is 0.102. The zero-order valence-corrected chi connectivity index (χ0v) is 21.8. The molecule has 0 saturated carbocycles. The summed E-state index contributed by atoms with van der Waals surface area (Å²) in [5.41, 5.74) is 3.99. The van der Waals surface area contributed by atoms with Crippen molar-refractivity contribution in [3.63, 3.8) is 0 Å². The first-order valence-electron chi connectivity index (χ1n) is 11.1. The number of H-pyrrole nitrogens is 1. The second-order valence-corrected chi connectivity index (χ2v) is 10.5. The van der Waals surface area contributed by atoms with Gasteiger partial charge in [-0.1, -0.05) is 19.4 Å². The third-order valence-corrected chi connectivity index (χ3v) is 8.96. The SMILES string of the molecule is CCCC(C)N1CCC(c2c[nH]c3ccc(NC(=O)c4cccc(I)c4Br)cc23)CC1. The number of likely N-dealkylation sites (tertiary alicyclic amines) is 1. The summed E-state index contributed by atoms with van der Waals surface area (Å²) < 4.78 is 1.86. The zero-order valence-electron chi connectivity index (χ0n) is 18.1. The molecule has 2 aromatic carbocycles. The van der Waals surface area contributed by atoms with Crippen molar-refractivity contribution in [2.24, 2.45) is 0 Å². The largest absolute Gasteiger partial charge is 0.361 e. The summed E-state index contributed by atoms with van der Waals surface area (Å²) in [5.74, 6) is 0.467. The molecule has 3 aromatic rings. The molecule has 4 nitrogen and oxygen atoms in total. The standard InChI is InChI=1S/C25H29BrIN3O/c1-3-5-16(2)30-12-10-17(11-13-30)21-15-28-23-9-8-18(14-20(21)23)29-25(31)19-6-4-7-22(27)24(19)26/h4,6-9,14-17,28H,3,5,10-13H2,1-2H3,(H,29,31). The topological polar surface area (TPSA) is 48.1 Å². The zero-order chi connectivity index (χ0) is 22.0. The number of benzene rings is 2. The number of piperidine rings is 1. The van der Waals surface area contributed by atoms with Crippen LogP contribution in [0.5, 0.6) is 0 Å². The first-order chi connectivity index (χ1) is 15.0. The van der Waals surface area contributed by atoms with Gasteiger partial charge in [0.25, 0.3) is 5.91 Å². The van der Waals surface area contributed by atoms with E-state index >= 15 is 0 Å². The molecule has 1 aromatic heterocycles. The highest BCUT2D eigenvalue weighted by atomic mass is 127. The molecule has 6 heteroatoms. The van der Waals surface area contributed by atoms with Crippen LogP contribution in [0.25, 0.3) is 10.9 Å². The smallest absolute Gasteiger partial charge is 0.256 e. The number of hydrogen-bond acceptors (Lipinski definition) is 2. The molecule has 2 heterocycles. The molecular weight excluding hydrogens is 565 g/mol. The van der Waals surface area contributed by atoms with Gasteiger partial charge in [-0.05, 0) is 120 Å². The van der Waals surface area contributed by atoms with Crippen molar-refractivity contribution < 1.29 is 4.79 Å². The minimum Gasteiger partial charge on any atom is -0.361 e. The number of carbonyl (C=O) groups excluding carboxylic acids is 1. The Kier molecular flexibility index (Phi) is 7.39. The van der Waals surface area contributed by atoms with E-state index in [-0.39, 0.29) is 5.91 Å². The van der Waals surface area contributed by atoms with E-state index in [1.807, 2.05) is 24.3 Å². The van der Waals surface area contributed by atoms with Crippen LogP contribution in [0, 0.1) is 3.57 Å². The van der Waals surface area contributed by atoms with E-state index in [1.165, 1.54) is 36.6 Å². The van der Waals surface area contributed by atoms with Gasteiger partial charge in [0.1, 0.15) is 0 Å². The van der Waals surface area contributed by atoms with E-state index in [2.05, 4.69) is 85.9 Å². The van der Waals surface area contributed by atoms with Crippen molar-refractivity contribution in [1.82, 2.24) is 9.88 Å². The maximum atomic E-state index is 12.8. The number of hydrogen-bond donors (Lipinski definition) is 2. The molecule has 1 amide bonds. The number of nitrogens with zero attached hydrogens (tertiary/aromatic N) is 1. The Hall–Kier alpha value is -1.38. The summed E-state index contributed by atoms with van der Waals surface area (Å²) in [6, 6.07) is 12.6. The van der Waals surface area contributed by atoms with Crippen LogP contribution in [0.2, 0.25) is 0 Å². The molecule has 0 aliphatic carbocycles. The molecule has 31 heavy (non-hydrogen) atoms. The lowest BCUT2D eigenvalue weighted by atomic mass is 9.88. The number of rotatable bonds is 6. The normalized spacial score (nSPS) is 16.5. The van der Waals surface area contributed by atoms with Gasteiger partial charge >= 0.3 is 0 Å². The van der Waals surface area contributed by atoms with Gasteiger partial charge in [0.2, 0.25) is 0 Å². The number of fused-ring (bicyclic) bond motifs is 1. The summed E-state index contributed by atoms with van der Waals surface area (Å²) in [7, 11) is 0. The molecule has 1 aliphatic heterocycles. The van der Waals surface area contributed by atoms with Crippen LogP contribution in [0.15, 0.2) is 47.1 Å². The van der Waals surface area contributed by atoms with Crippen LogP contribution in [0.1, 0.15) is 61.4 Å². The Labute approximate surface area is 206 Å². The molecule has 0 radical (unpaired) electrons. The highest BCUT2D eigenvalue weighted by Crippen LogP contribution is 2.35. The Morgan fingerprint density at radius 3 is 2.81 bits per heavy atom. The second-order valence-electron chi connectivity index (χ2n) is 8.51. The van der Waals surface area contributed by atoms with E-state index < -0.39 is 0 Å². The fraction of sp³-hybridized carbons (Fsp3) is 0.400. The van der Waals surface area contributed by atoms with Crippen molar-refractivity contribution in [3.8, 4) is 0 Å². The first-order valence-corrected chi connectivity index (χ1v) is 13.0. The van der Waals surface area contributed by atoms with Crippen molar-refractivity contribution >= 4 is 61.0 Å². The summed E-state index contributed by atoms with van der Waals surface area (Å²) in [4.78, 5) is 18.9. The van der Waals surface area contributed by atoms with Gasteiger partial charge in [0, 0.05) is 36.9 Å². The second kappa shape index (κ2) is 10.0. The lowest BCUT2D eigenvalue weighted by Gasteiger charge is -2.36. The summed E-state index contributed by atoms with van der Waals surface area (Å²) >= 11 is 5.77. The maximum absolute atomic E-state index is 12.8. The molecule has 4 rings (SSSR count). The van der Waals surface area contributed by atoms with Gasteiger partial charge in [0.05, 0.1) is 5.56 Å². The number of anilines is 1. The van der Waals surface area contributed by atoms with Crippen LogP contribution < -0.4 is 5.32 Å². The molecule has 1 saturated heterocycles. The number of halogens is 2. The minimum atomic E-state index is -0.0972. The Morgan fingerprint density at radius 1 is 1.29 bits per heavy atom. The van der Waals surface area contributed by atoms with Crippen LogP contribution in [-0.2, 0) is 0 Å². The Bertz CT molecular complexity index is 1070. The first kappa shape index (κ1) is 22.8. The highest BCUT2D eigenvalue weighted by Gasteiger charge is 2.25. The quantitative estimate of drug-likeness (QED) is 0.298. The number of aromatic nitrogens is 1. The number of nitrogens with one attached hydrogen (secondary N) is 2. The molecule has 1 aliphatic rings. The predicted octanol–water partition coefficient (Wildman–Crippen LogP) is 7.16. The third kappa shape index (κ3) is 5.01. The van der Waals surface area contributed by atoms with Crippen LogP contribution in [0.3, 0.4) is 0 Å². The third-order valence-electron chi connectivity index (χ3n) is 6.47. The maximum Gasteiger partial charge on any atom is 0.256 e. The van der Waals surface area contributed by atoms with Crippen molar-refractivity contribution in [1.29, 1.82) is 0 Å². The van der Waals surface area contributed by atoms with E-state index in [0.29, 0.717) is 17.5 Å². The minimum absolute atomic E-state index is 0.0972. The molecule has 0 bridgehead atoms. The van der Waals surface area contributed by atoms with Crippen molar-refractivity contribution in [2.45, 2.75) is 51.5 Å². The number of carbonyl (C=O) groups is 1. The van der Waals surface area contributed by atoms with E-state index in [9.17, 15) is 4.79 Å². The molecule has 1 unspecified atom stereocenters. The summed E-state index contributed by atoms with van der Waals surface area (Å²) in [6.45, 7) is 6.95. The van der Waals surface area contributed by atoms with Crippen LogP contribution in [-0.4, -0.2) is 34.9 Å². The Balaban J connectivity index is 1.51. The molecule has 1 atom stereocenters. The van der Waals surface area contributed by atoms with Crippen LogP contribution >= 0.6 is 38.5 Å². The average molecular weight is 594 g/mol. The molecule has 2 N–H and O–H groups in total. The van der Waals surface area contributed by atoms with Gasteiger partial charge in [-0.2, -0.15) is 0 Å². The summed E-state index contributed by atoms with van der Waals surface area (Å²) in [6.07, 6.45) is 7.07. The monoisotopic (exact) mass is 593 g/mol. The van der Waals surface area contributed by atoms with Gasteiger partial charge in [-0.15, -0.1) is 0 Å². The highest BCUT2D eigenvalue weighted by molar-refractivity contribution is 14.1. The fourth-order valence-electron chi connectivity index (χ4n) is 4.69. The summed E-state index contributed by atoms with van der Waals surface area (Å²) in [5, 5.41) is 4.30. The van der Waals surface area contributed by atoms with E-state index in [0.717, 1.165) is 32.3 Å². The van der Waals surface area contributed by atoms with Gasteiger partial charge in [0.15, 0.2) is 0 Å². The number of amides is 1. The number of aromatic amines is 1. The molecule has 1 fully saturated rings. The average Bonchev–Trinajstić information content (AvgIpc) is 3.19. The lowest BCUT2D eigenvalue weighted by Crippen LogP contribution is -2.39. The molecular formula is C25H29BrIN3O. The van der Waals surface area contributed by atoms with Gasteiger partial charge < -0.3 is 15.2 Å². The van der Waals surface area contributed by atoms with E-state index in [1.54, 1.807) is 0 Å². The van der Waals surface area contributed by atoms with Crippen molar-refractivity contribution in [2.75, 3.05) is 18.4 Å². The molecule has 0 spiro atoms. The van der Waals surface area contributed by atoms with E-state index in [4.69, 9.17) is 0 Å². The fourth-order valence-corrected chi connectivity index (χ4v) is 5.63. The van der Waals surface area contributed by atoms with Gasteiger partial charge in [-0.25, -0.2) is 0 Å². The van der Waals surface area contributed by atoms with Crippen LogP contribution in [0.4, 0.5) is 5.69 Å². The van der Waals surface area contributed by atoms with Gasteiger partial charge in [-0.3, -0.25) is 4.79 Å².